The smallest absolute Gasteiger partial charge is 0.420 e. The van der Waals surface area contributed by atoms with Crippen molar-refractivity contribution in [1.82, 2.24) is 19.7 Å². The van der Waals surface area contributed by atoms with Gasteiger partial charge in [-0.2, -0.15) is 5.10 Å². The molecule has 0 fully saturated rings. The van der Waals surface area contributed by atoms with Crippen LogP contribution >= 0.6 is 11.6 Å². The molecule has 0 saturated heterocycles. The van der Waals surface area contributed by atoms with Crippen LogP contribution in [0.15, 0.2) is 48.7 Å². The second kappa shape index (κ2) is 8.13. The number of anilines is 1. The molecular formula is C22H18ClF2N5O3. The molecule has 0 radical (unpaired) electrons. The van der Waals surface area contributed by atoms with Gasteiger partial charge in [-0.25, -0.2) is 4.98 Å². The lowest BCUT2D eigenvalue weighted by atomic mass is 10.0. The molecule has 0 spiro atoms. The number of carbonyl (C=O) groups is 1. The lowest BCUT2D eigenvalue weighted by molar-refractivity contribution is -0.0964. The maximum Gasteiger partial charge on any atom is 0.487 e. The van der Waals surface area contributed by atoms with Gasteiger partial charge in [0, 0.05) is 41.2 Å². The van der Waals surface area contributed by atoms with Crippen molar-refractivity contribution in [2.24, 2.45) is 0 Å². The number of hydrogen-bond acceptors (Lipinski definition) is 5. The molecule has 4 aromatic rings. The average Bonchev–Trinajstić information content (AvgIpc) is 3.42. The fourth-order valence-electron chi connectivity index (χ4n) is 4.02. The molecule has 11 heteroatoms. The molecule has 0 saturated carbocycles. The number of aromatic nitrogens is 4. The third-order valence-corrected chi connectivity index (χ3v) is 5.50. The lowest BCUT2D eigenvalue weighted by Crippen LogP contribution is -2.16. The number of benzene rings is 2. The normalized spacial score (nSPS) is 15.9. The van der Waals surface area contributed by atoms with Gasteiger partial charge in [0.05, 0.1) is 16.7 Å². The second-order valence-corrected chi connectivity index (χ2v) is 8.11. The highest BCUT2D eigenvalue weighted by atomic mass is 35.5. The van der Waals surface area contributed by atoms with Crippen molar-refractivity contribution in [2.75, 3.05) is 5.32 Å². The maximum absolute atomic E-state index is 13.0. The number of halogens is 3. The number of hydrogen-bond donors (Lipinski definition) is 3. The van der Waals surface area contributed by atoms with E-state index in [4.69, 9.17) is 11.6 Å². The molecule has 1 atom stereocenters. The van der Waals surface area contributed by atoms with Gasteiger partial charge < -0.3 is 19.7 Å². The molecule has 5 rings (SSSR count). The van der Waals surface area contributed by atoms with Gasteiger partial charge in [0.2, 0.25) is 0 Å². The summed E-state index contributed by atoms with van der Waals surface area (Å²) in [5, 5.41) is 20.1. The minimum Gasteiger partial charge on any atom is -0.420 e. The van der Waals surface area contributed by atoms with Crippen molar-refractivity contribution in [3.8, 4) is 17.0 Å². The number of aliphatic hydroxyl groups excluding tert-OH is 1. The zero-order valence-electron chi connectivity index (χ0n) is 17.1. The third kappa shape index (κ3) is 4.27. The monoisotopic (exact) mass is 473 g/mol. The van der Waals surface area contributed by atoms with E-state index < -0.39 is 17.6 Å². The van der Waals surface area contributed by atoms with Gasteiger partial charge in [-0.15, -0.1) is 8.78 Å². The minimum atomic E-state index is -3.82. The predicted octanol–water partition coefficient (Wildman–Crippen LogP) is 4.67. The summed E-state index contributed by atoms with van der Waals surface area (Å²) in [4.78, 5) is 17.6. The Morgan fingerprint density at radius 3 is 2.76 bits per heavy atom. The van der Waals surface area contributed by atoms with Gasteiger partial charge in [0.1, 0.15) is 17.7 Å². The summed E-state index contributed by atoms with van der Waals surface area (Å²) >= 11 is 4.77. The van der Waals surface area contributed by atoms with Crippen LogP contribution in [0.4, 0.5) is 14.5 Å². The summed E-state index contributed by atoms with van der Waals surface area (Å²) in [6.45, 7) is 0.714. The first-order chi connectivity index (χ1) is 15.8. The number of alkyl halides is 3. The zero-order valence-corrected chi connectivity index (χ0v) is 17.8. The molecule has 0 bridgehead atoms. The fourth-order valence-corrected chi connectivity index (χ4v) is 4.11. The Morgan fingerprint density at radius 1 is 1.27 bits per heavy atom. The number of nitrogens with zero attached hydrogens (tertiary/aromatic N) is 3. The van der Waals surface area contributed by atoms with Gasteiger partial charge >= 0.3 is 5.57 Å². The van der Waals surface area contributed by atoms with Crippen molar-refractivity contribution >= 4 is 34.2 Å². The third-order valence-electron chi connectivity index (χ3n) is 5.43. The number of fused-ring (bicyclic) bond motifs is 3. The highest BCUT2D eigenvalue weighted by Gasteiger charge is 2.28. The Morgan fingerprint density at radius 2 is 2.06 bits per heavy atom. The molecule has 1 aliphatic rings. The number of rotatable bonds is 5. The molecule has 2 aromatic heterocycles. The van der Waals surface area contributed by atoms with Crippen molar-refractivity contribution < 1.29 is 23.4 Å². The van der Waals surface area contributed by atoms with Gasteiger partial charge in [-0.05, 0) is 55.3 Å². The molecule has 1 unspecified atom stereocenters. The summed E-state index contributed by atoms with van der Waals surface area (Å²) in [5.74, 6) is 0.0138. The second-order valence-electron chi connectivity index (χ2n) is 7.67. The molecular weight excluding hydrogens is 456 g/mol. The van der Waals surface area contributed by atoms with Crippen LogP contribution in [0.2, 0.25) is 0 Å². The Labute approximate surface area is 191 Å². The molecule has 3 N–H and O–H groups in total. The number of imidazole rings is 1. The SMILES string of the molecule is O=C(Nc1ccc(OC(F)(F)Cl)cc1)c1cc(-c2ccn[nH]2)c2c(c1)nc1n2CCCC1O. The van der Waals surface area contributed by atoms with E-state index in [0.29, 0.717) is 41.3 Å². The largest absolute Gasteiger partial charge is 0.487 e. The van der Waals surface area contributed by atoms with E-state index in [1.807, 2.05) is 4.57 Å². The summed E-state index contributed by atoms with van der Waals surface area (Å²) < 4.78 is 31.8. The highest BCUT2D eigenvalue weighted by molar-refractivity contribution is 6.20. The number of H-pyrrole nitrogens is 1. The Bertz CT molecular complexity index is 1320. The van der Waals surface area contributed by atoms with E-state index in [-0.39, 0.29) is 5.75 Å². The first kappa shape index (κ1) is 21.4. The van der Waals surface area contributed by atoms with Crippen LogP contribution < -0.4 is 10.1 Å². The van der Waals surface area contributed by atoms with E-state index in [1.165, 1.54) is 24.3 Å². The van der Waals surface area contributed by atoms with Gasteiger partial charge in [-0.1, -0.05) is 0 Å². The van der Waals surface area contributed by atoms with Crippen molar-refractivity contribution in [3.63, 3.8) is 0 Å². The lowest BCUT2D eigenvalue weighted by Gasteiger charge is -2.20. The molecule has 1 amide bonds. The van der Waals surface area contributed by atoms with Crippen molar-refractivity contribution in [2.45, 2.75) is 31.1 Å². The number of aliphatic hydroxyl groups is 1. The molecule has 1 aliphatic heterocycles. The Balaban J connectivity index is 1.50. The molecule has 33 heavy (non-hydrogen) atoms. The predicted molar refractivity (Wildman–Crippen MR) is 117 cm³/mol. The topological polar surface area (TPSA) is 105 Å². The molecule has 2 aromatic carbocycles. The quantitative estimate of drug-likeness (QED) is 0.365. The van der Waals surface area contributed by atoms with Gasteiger partial charge in [0.15, 0.2) is 0 Å². The van der Waals surface area contributed by atoms with E-state index in [1.54, 1.807) is 24.4 Å². The van der Waals surface area contributed by atoms with Crippen LogP contribution in [0.25, 0.3) is 22.3 Å². The van der Waals surface area contributed by atoms with E-state index in [2.05, 4.69) is 25.2 Å². The minimum absolute atomic E-state index is 0.141. The van der Waals surface area contributed by atoms with Crippen LogP contribution in [0.3, 0.4) is 0 Å². The van der Waals surface area contributed by atoms with Crippen LogP contribution in [-0.2, 0) is 6.54 Å². The number of aromatic amines is 1. The van der Waals surface area contributed by atoms with Crippen LogP contribution in [0.5, 0.6) is 5.75 Å². The summed E-state index contributed by atoms with van der Waals surface area (Å²) in [7, 11) is 0. The number of amides is 1. The zero-order chi connectivity index (χ0) is 23.2. The molecule has 0 aliphatic carbocycles. The average molecular weight is 474 g/mol. The Kier molecular flexibility index (Phi) is 5.26. The van der Waals surface area contributed by atoms with Crippen LogP contribution in [0, 0.1) is 0 Å². The molecule has 3 heterocycles. The Hall–Kier alpha value is -3.50. The van der Waals surface area contributed by atoms with E-state index in [0.717, 1.165) is 17.5 Å². The maximum atomic E-state index is 13.0. The van der Waals surface area contributed by atoms with Crippen molar-refractivity contribution in [3.05, 3.63) is 60.0 Å². The van der Waals surface area contributed by atoms with E-state index in [9.17, 15) is 18.7 Å². The number of carbonyl (C=O) groups excluding carboxylic acids is 1. The molecule has 170 valence electrons. The number of ether oxygens (including phenoxy) is 1. The van der Waals surface area contributed by atoms with E-state index >= 15 is 0 Å². The standard InChI is InChI=1S/C22H18ClF2N5O3/c23-22(24,25)33-14-5-3-13(4-6-14)27-21(32)12-10-15(16-7-8-26-29-16)19-17(11-12)28-20-18(31)2-1-9-30(19)20/h3-8,10-11,18,31H,1-2,9H2,(H,26,29)(H,27,32). The summed E-state index contributed by atoms with van der Waals surface area (Å²) in [5.41, 5.74) is -0.264. The summed E-state index contributed by atoms with van der Waals surface area (Å²) in [6.07, 6.45) is 2.40. The van der Waals surface area contributed by atoms with Crippen molar-refractivity contribution in [1.29, 1.82) is 0 Å². The molecule has 8 nitrogen and oxygen atoms in total. The summed E-state index contributed by atoms with van der Waals surface area (Å²) in [6, 6.07) is 10.6. The fraction of sp³-hybridized carbons (Fsp3) is 0.227. The van der Waals surface area contributed by atoms with Gasteiger partial charge in [0.25, 0.3) is 5.91 Å². The first-order valence-electron chi connectivity index (χ1n) is 10.2. The highest BCUT2D eigenvalue weighted by Crippen LogP contribution is 2.35. The first-order valence-corrected chi connectivity index (χ1v) is 10.6. The van der Waals surface area contributed by atoms with Gasteiger partial charge in [-0.3, -0.25) is 9.89 Å². The number of nitrogens with one attached hydrogen (secondary N) is 2. The van der Waals surface area contributed by atoms with Crippen LogP contribution in [0.1, 0.15) is 35.1 Å². The van der Waals surface area contributed by atoms with Crippen LogP contribution in [-0.4, -0.2) is 36.3 Å². The number of aryl methyl sites for hydroxylation is 1.